The van der Waals surface area contributed by atoms with Crippen LogP contribution in [0.3, 0.4) is 0 Å². The first-order chi connectivity index (χ1) is 14.8. The summed E-state index contributed by atoms with van der Waals surface area (Å²) in [5.41, 5.74) is 0.622. The predicted molar refractivity (Wildman–Crippen MR) is 116 cm³/mol. The molecule has 9 nitrogen and oxygen atoms in total. The van der Waals surface area contributed by atoms with Crippen LogP contribution >= 0.6 is 0 Å². The van der Waals surface area contributed by atoms with Crippen molar-refractivity contribution in [3.63, 3.8) is 0 Å². The molecule has 0 saturated heterocycles. The molecule has 4 aromatic rings. The molecule has 31 heavy (non-hydrogen) atoms. The second-order valence-corrected chi connectivity index (χ2v) is 8.63. The van der Waals surface area contributed by atoms with Crippen molar-refractivity contribution in [1.82, 2.24) is 20.2 Å². The van der Waals surface area contributed by atoms with Crippen molar-refractivity contribution in [2.24, 2.45) is 0 Å². The number of fused-ring (bicyclic) bond motifs is 1. The van der Waals surface area contributed by atoms with Crippen molar-refractivity contribution in [2.45, 2.75) is 4.90 Å². The van der Waals surface area contributed by atoms with Gasteiger partial charge in [-0.3, -0.25) is 10.00 Å². The summed E-state index contributed by atoms with van der Waals surface area (Å²) in [6.07, 6.45) is 2.65. The third kappa shape index (κ3) is 3.75. The fourth-order valence-electron chi connectivity index (χ4n) is 3.19. The van der Waals surface area contributed by atoms with Gasteiger partial charge in [-0.05, 0) is 36.4 Å². The number of hydrogen-bond donors (Lipinski definition) is 2. The maximum Gasteiger partial charge on any atom is 0.237 e. The molecule has 0 aliphatic heterocycles. The quantitative estimate of drug-likeness (QED) is 0.467. The largest absolute Gasteiger partial charge is 0.495 e. The van der Waals surface area contributed by atoms with Crippen LogP contribution in [0.1, 0.15) is 0 Å². The minimum Gasteiger partial charge on any atom is -0.495 e. The molecule has 0 fully saturated rings. The van der Waals surface area contributed by atoms with E-state index in [0.717, 1.165) is 6.26 Å². The molecule has 0 atom stereocenters. The summed E-state index contributed by atoms with van der Waals surface area (Å²) in [5, 5.41) is 10.4. The van der Waals surface area contributed by atoms with Crippen molar-refractivity contribution in [3.8, 4) is 5.75 Å². The number of methoxy groups -OCH3 is 1. The summed E-state index contributed by atoms with van der Waals surface area (Å²) in [6.45, 7) is 0. The summed E-state index contributed by atoms with van der Waals surface area (Å²) < 4.78 is 44.2. The lowest BCUT2D eigenvalue weighted by molar-refractivity contribution is 0.403. The number of H-pyrrole nitrogens is 1. The molecule has 0 saturated carbocycles. The standard InChI is InChI=1S/C20H19FN6O3S/c1-22-17-9-10-23-20(24-17)27(19-13-5-4-6-14(21)18(13)25-26-19)12-7-8-15(30-2)16(11-12)31(3,28)29/h4-11H,1-3H3,(H,25,26)(H,22,23,24). The van der Waals surface area contributed by atoms with Crippen LogP contribution in [0.5, 0.6) is 5.75 Å². The molecule has 2 heterocycles. The maximum absolute atomic E-state index is 14.3. The van der Waals surface area contributed by atoms with Gasteiger partial charge in [-0.15, -0.1) is 0 Å². The molecule has 2 aromatic heterocycles. The Morgan fingerprint density at radius 3 is 2.71 bits per heavy atom. The van der Waals surface area contributed by atoms with E-state index < -0.39 is 15.7 Å². The number of rotatable bonds is 6. The Morgan fingerprint density at radius 1 is 1.19 bits per heavy atom. The Hall–Kier alpha value is -3.73. The highest BCUT2D eigenvalue weighted by molar-refractivity contribution is 7.90. The van der Waals surface area contributed by atoms with Crippen molar-refractivity contribution < 1.29 is 17.5 Å². The van der Waals surface area contributed by atoms with E-state index in [1.165, 1.54) is 25.3 Å². The van der Waals surface area contributed by atoms with Crippen molar-refractivity contribution >= 4 is 44.0 Å². The van der Waals surface area contributed by atoms with Gasteiger partial charge in [0, 0.05) is 24.9 Å². The van der Waals surface area contributed by atoms with Gasteiger partial charge >= 0.3 is 0 Å². The number of sulfone groups is 1. The normalized spacial score (nSPS) is 11.5. The minimum atomic E-state index is -3.61. The second-order valence-electron chi connectivity index (χ2n) is 6.64. The molecular formula is C20H19FN6O3S. The number of ether oxygens (including phenoxy) is 1. The third-order valence-corrected chi connectivity index (χ3v) is 5.76. The van der Waals surface area contributed by atoms with Crippen LogP contribution in [0.4, 0.5) is 27.7 Å². The van der Waals surface area contributed by atoms with Gasteiger partial charge in [0.15, 0.2) is 15.7 Å². The summed E-state index contributed by atoms with van der Waals surface area (Å²) in [6, 6.07) is 10.9. The SMILES string of the molecule is CNc1ccnc(N(c2ccc(OC)c(S(C)(=O)=O)c2)c2n[nH]c3c(F)cccc23)n1. The van der Waals surface area contributed by atoms with Gasteiger partial charge in [0.1, 0.15) is 27.8 Å². The zero-order valence-electron chi connectivity index (χ0n) is 16.9. The van der Waals surface area contributed by atoms with Gasteiger partial charge in [-0.1, -0.05) is 6.07 Å². The van der Waals surface area contributed by atoms with Gasteiger partial charge in [0.2, 0.25) is 5.95 Å². The summed E-state index contributed by atoms with van der Waals surface area (Å²) in [7, 11) is -0.501. The first-order valence-electron chi connectivity index (χ1n) is 9.15. The predicted octanol–water partition coefficient (Wildman–Crippen LogP) is 3.42. The molecule has 160 valence electrons. The molecule has 0 spiro atoms. The molecule has 0 aliphatic rings. The Bertz CT molecular complexity index is 1370. The van der Waals surface area contributed by atoms with E-state index >= 15 is 0 Å². The minimum absolute atomic E-state index is 0.00621. The Labute approximate surface area is 177 Å². The van der Waals surface area contributed by atoms with Crippen molar-refractivity contribution in [2.75, 3.05) is 30.6 Å². The number of anilines is 4. The number of nitrogens with one attached hydrogen (secondary N) is 2. The zero-order chi connectivity index (χ0) is 22.2. The highest BCUT2D eigenvalue weighted by Crippen LogP contribution is 2.38. The van der Waals surface area contributed by atoms with Crippen molar-refractivity contribution in [3.05, 3.63) is 54.5 Å². The molecule has 4 rings (SSSR count). The van der Waals surface area contributed by atoms with Crippen LogP contribution in [0.25, 0.3) is 10.9 Å². The van der Waals surface area contributed by atoms with E-state index in [1.54, 1.807) is 42.4 Å². The lowest BCUT2D eigenvalue weighted by Gasteiger charge is -2.22. The van der Waals surface area contributed by atoms with Crippen LogP contribution in [-0.4, -0.2) is 49.0 Å². The van der Waals surface area contributed by atoms with Gasteiger partial charge in [0.05, 0.1) is 12.8 Å². The Kier molecular flexibility index (Phi) is 5.19. The molecule has 0 amide bonds. The van der Waals surface area contributed by atoms with Crippen LogP contribution < -0.4 is 15.0 Å². The molecule has 2 aromatic carbocycles. The fourth-order valence-corrected chi connectivity index (χ4v) is 4.04. The van der Waals surface area contributed by atoms with Crippen LogP contribution in [-0.2, 0) is 9.84 Å². The molecule has 11 heteroatoms. The van der Waals surface area contributed by atoms with E-state index in [-0.39, 0.29) is 22.1 Å². The van der Waals surface area contributed by atoms with Gasteiger partial charge in [0.25, 0.3) is 0 Å². The van der Waals surface area contributed by atoms with E-state index in [0.29, 0.717) is 22.7 Å². The number of nitrogens with zero attached hydrogens (tertiary/aromatic N) is 4. The third-order valence-electron chi connectivity index (χ3n) is 4.64. The topological polar surface area (TPSA) is 113 Å². The number of para-hydroxylation sites is 1. The molecule has 0 unspecified atom stereocenters. The molecule has 0 radical (unpaired) electrons. The van der Waals surface area contributed by atoms with Crippen LogP contribution in [0.2, 0.25) is 0 Å². The summed E-state index contributed by atoms with van der Waals surface area (Å²) >= 11 is 0. The van der Waals surface area contributed by atoms with Gasteiger partial charge < -0.3 is 10.1 Å². The smallest absolute Gasteiger partial charge is 0.237 e. The zero-order valence-corrected chi connectivity index (χ0v) is 17.7. The van der Waals surface area contributed by atoms with E-state index in [2.05, 4.69) is 25.5 Å². The second kappa shape index (κ2) is 7.84. The Balaban J connectivity index is 2.01. The number of benzene rings is 2. The lowest BCUT2D eigenvalue weighted by Crippen LogP contribution is -2.15. The lowest BCUT2D eigenvalue weighted by atomic mass is 10.2. The monoisotopic (exact) mass is 442 g/mol. The first-order valence-corrected chi connectivity index (χ1v) is 11.0. The summed E-state index contributed by atoms with van der Waals surface area (Å²) in [5.74, 6) is 0.807. The van der Waals surface area contributed by atoms with Crippen LogP contribution in [0.15, 0.2) is 53.6 Å². The number of aromatic nitrogens is 4. The summed E-state index contributed by atoms with van der Waals surface area (Å²) in [4.78, 5) is 10.3. The fraction of sp³-hybridized carbons (Fsp3) is 0.150. The van der Waals surface area contributed by atoms with Crippen molar-refractivity contribution in [1.29, 1.82) is 0 Å². The van der Waals surface area contributed by atoms with E-state index in [1.807, 2.05) is 0 Å². The highest BCUT2D eigenvalue weighted by atomic mass is 32.2. The average molecular weight is 442 g/mol. The number of aromatic amines is 1. The average Bonchev–Trinajstić information content (AvgIpc) is 3.18. The van der Waals surface area contributed by atoms with Gasteiger partial charge in [-0.2, -0.15) is 10.1 Å². The molecule has 0 bridgehead atoms. The molecule has 0 aliphatic carbocycles. The van der Waals surface area contributed by atoms with Gasteiger partial charge in [-0.25, -0.2) is 17.8 Å². The Morgan fingerprint density at radius 2 is 2.00 bits per heavy atom. The number of hydrogen-bond acceptors (Lipinski definition) is 8. The molecular weight excluding hydrogens is 423 g/mol. The highest BCUT2D eigenvalue weighted by Gasteiger charge is 2.24. The van der Waals surface area contributed by atoms with E-state index in [4.69, 9.17) is 4.74 Å². The number of halogens is 1. The first kappa shape index (κ1) is 20.5. The molecule has 2 N–H and O–H groups in total. The maximum atomic E-state index is 14.3. The van der Waals surface area contributed by atoms with E-state index in [9.17, 15) is 12.8 Å². The van der Waals surface area contributed by atoms with Crippen LogP contribution in [0, 0.1) is 5.82 Å².